The van der Waals surface area contributed by atoms with Crippen molar-refractivity contribution in [3.8, 4) is 6.07 Å². The predicted molar refractivity (Wildman–Crippen MR) is 144 cm³/mol. The normalized spacial score (nSPS) is 17.1. The number of aryl methyl sites for hydroxylation is 1. The first kappa shape index (κ1) is 22.8. The van der Waals surface area contributed by atoms with Crippen molar-refractivity contribution in [2.75, 3.05) is 36.0 Å². The highest BCUT2D eigenvalue weighted by molar-refractivity contribution is 8.06. The van der Waals surface area contributed by atoms with Crippen molar-refractivity contribution >= 4 is 34.7 Å². The minimum absolute atomic E-state index is 0.186. The molecule has 1 saturated heterocycles. The summed E-state index contributed by atoms with van der Waals surface area (Å²) in [6.07, 6.45) is 0. The lowest BCUT2D eigenvalue weighted by Gasteiger charge is -2.37. The van der Waals surface area contributed by atoms with Gasteiger partial charge in [-0.05, 0) is 36.2 Å². The fourth-order valence-corrected chi connectivity index (χ4v) is 5.58. The van der Waals surface area contributed by atoms with Gasteiger partial charge in [-0.15, -0.1) is 0 Å². The van der Waals surface area contributed by atoms with Gasteiger partial charge in [0.1, 0.15) is 16.7 Å². The molecule has 5 nitrogen and oxygen atoms in total. The summed E-state index contributed by atoms with van der Waals surface area (Å²) < 4.78 is 0. The molecular formula is C29H26N4OS. The average molecular weight is 479 g/mol. The molecule has 3 aromatic rings. The standard InChI is InChI=1S/C29H26N4OS/c1-22-10-8-9-15-26(22)31-16-18-32(19-17-31)28(34)25(20-30)29-33(24-13-6-3-7-14-24)27(21-35-29)23-11-4-2-5-12-23/h2-15,21H,16-19H2,1H3. The van der Waals surface area contributed by atoms with E-state index in [1.807, 2.05) is 88.0 Å². The molecule has 3 aromatic carbocycles. The number of nitrogens with zero attached hydrogens (tertiary/aromatic N) is 4. The Labute approximate surface area is 210 Å². The van der Waals surface area contributed by atoms with Crippen molar-refractivity contribution in [3.63, 3.8) is 0 Å². The van der Waals surface area contributed by atoms with Gasteiger partial charge in [0.15, 0.2) is 0 Å². The van der Waals surface area contributed by atoms with E-state index in [4.69, 9.17) is 0 Å². The van der Waals surface area contributed by atoms with Crippen LogP contribution in [-0.2, 0) is 4.79 Å². The topological polar surface area (TPSA) is 50.6 Å². The summed E-state index contributed by atoms with van der Waals surface area (Å²) in [6.45, 7) is 4.76. The van der Waals surface area contributed by atoms with E-state index >= 15 is 0 Å². The third-order valence-corrected chi connectivity index (χ3v) is 7.32. The molecule has 0 atom stereocenters. The molecule has 174 valence electrons. The minimum atomic E-state index is -0.205. The minimum Gasteiger partial charge on any atom is -0.368 e. The van der Waals surface area contributed by atoms with Gasteiger partial charge in [0, 0.05) is 43.0 Å². The number of rotatable bonds is 4. The van der Waals surface area contributed by atoms with Gasteiger partial charge in [0.05, 0.1) is 5.70 Å². The largest absolute Gasteiger partial charge is 0.368 e. The van der Waals surface area contributed by atoms with Crippen LogP contribution in [0.4, 0.5) is 11.4 Å². The van der Waals surface area contributed by atoms with E-state index in [9.17, 15) is 10.1 Å². The van der Waals surface area contributed by atoms with Gasteiger partial charge in [-0.2, -0.15) is 5.26 Å². The fourth-order valence-electron chi connectivity index (χ4n) is 4.55. The Morgan fingerprint density at radius 2 is 1.49 bits per heavy atom. The van der Waals surface area contributed by atoms with E-state index in [1.54, 1.807) is 0 Å². The van der Waals surface area contributed by atoms with Crippen LogP contribution in [0.25, 0.3) is 5.70 Å². The molecule has 2 heterocycles. The summed E-state index contributed by atoms with van der Waals surface area (Å²) in [6, 6.07) is 30.5. The number of amides is 1. The molecule has 0 radical (unpaired) electrons. The molecule has 0 N–H and O–H groups in total. The van der Waals surface area contributed by atoms with E-state index < -0.39 is 0 Å². The zero-order valence-electron chi connectivity index (χ0n) is 19.6. The molecular weight excluding hydrogens is 452 g/mol. The van der Waals surface area contributed by atoms with Crippen molar-refractivity contribution in [3.05, 3.63) is 112 Å². The van der Waals surface area contributed by atoms with Gasteiger partial charge in [0.2, 0.25) is 0 Å². The maximum Gasteiger partial charge on any atom is 0.267 e. The van der Waals surface area contributed by atoms with Gasteiger partial charge < -0.3 is 14.7 Å². The van der Waals surface area contributed by atoms with E-state index in [0.29, 0.717) is 18.1 Å². The number of thioether (sulfide) groups is 1. The maximum absolute atomic E-state index is 13.6. The van der Waals surface area contributed by atoms with Crippen LogP contribution < -0.4 is 9.80 Å². The lowest BCUT2D eigenvalue weighted by Crippen LogP contribution is -2.49. The lowest BCUT2D eigenvalue weighted by atomic mass is 10.1. The third-order valence-electron chi connectivity index (χ3n) is 6.37. The maximum atomic E-state index is 13.6. The van der Waals surface area contributed by atoms with Gasteiger partial charge in [-0.25, -0.2) is 0 Å². The van der Waals surface area contributed by atoms with Crippen LogP contribution in [0.1, 0.15) is 11.1 Å². The molecule has 1 fully saturated rings. The number of carbonyl (C=O) groups is 1. The summed E-state index contributed by atoms with van der Waals surface area (Å²) >= 11 is 1.44. The summed E-state index contributed by atoms with van der Waals surface area (Å²) in [5.74, 6) is -0.205. The molecule has 35 heavy (non-hydrogen) atoms. The van der Waals surface area contributed by atoms with E-state index in [1.165, 1.54) is 23.0 Å². The first-order chi connectivity index (χ1) is 17.2. The Morgan fingerprint density at radius 1 is 0.857 bits per heavy atom. The number of anilines is 2. The lowest BCUT2D eigenvalue weighted by molar-refractivity contribution is -0.127. The quantitative estimate of drug-likeness (QED) is 0.359. The summed E-state index contributed by atoms with van der Waals surface area (Å²) in [7, 11) is 0. The van der Waals surface area contributed by atoms with Crippen LogP contribution >= 0.6 is 11.8 Å². The highest BCUT2D eigenvalue weighted by Crippen LogP contribution is 2.44. The van der Waals surface area contributed by atoms with E-state index in [0.717, 1.165) is 30.0 Å². The van der Waals surface area contributed by atoms with Crippen LogP contribution in [0.3, 0.4) is 0 Å². The summed E-state index contributed by atoms with van der Waals surface area (Å²) in [4.78, 5) is 19.8. The Kier molecular flexibility index (Phi) is 6.60. The number of hydrogen-bond acceptors (Lipinski definition) is 5. The Hall–Kier alpha value is -3.95. The molecule has 0 aliphatic carbocycles. The first-order valence-electron chi connectivity index (χ1n) is 11.7. The molecule has 0 saturated carbocycles. The molecule has 0 spiro atoms. The fraction of sp³-hybridized carbons (Fsp3) is 0.172. The highest BCUT2D eigenvalue weighted by Gasteiger charge is 2.32. The molecule has 0 bridgehead atoms. The van der Waals surface area contributed by atoms with Crippen LogP contribution in [0.15, 0.2) is 101 Å². The first-order valence-corrected chi connectivity index (χ1v) is 12.6. The number of benzene rings is 3. The van der Waals surface area contributed by atoms with Gasteiger partial charge in [-0.1, -0.05) is 78.5 Å². The Morgan fingerprint density at radius 3 is 2.14 bits per heavy atom. The third kappa shape index (κ3) is 4.55. The van der Waals surface area contributed by atoms with E-state index in [2.05, 4.69) is 30.0 Å². The monoisotopic (exact) mass is 478 g/mol. The number of nitriles is 1. The molecule has 2 aliphatic rings. The Bertz CT molecular complexity index is 1320. The molecule has 6 heteroatoms. The van der Waals surface area contributed by atoms with Crippen molar-refractivity contribution in [1.82, 2.24) is 4.90 Å². The summed E-state index contributed by atoms with van der Waals surface area (Å²) in [5, 5.41) is 12.8. The number of piperazine rings is 1. The number of carbonyl (C=O) groups excluding carboxylic acids is 1. The molecule has 0 aromatic heterocycles. The molecule has 1 amide bonds. The second-order valence-electron chi connectivity index (χ2n) is 8.52. The smallest absolute Gasteiger partial charge is 0.267 e. The van der Waals surface area contributed by atoms with Crippen molar-refractivity contribution in [1.29, 1.82) is 5.26 Å². The second kappa shape index (κ2) is 10.1. The van der Waals surface area contributed by atoms with Crippen molar-refractivity contribution in [2.24, 2.45) is 0 Å². The average Bonchev–Trinajstić information content (AvgIpc) is 3.35. The highest BCUT2D eigenvalue weighted by atomic mass is 32.2. The van der Waals surface area contributed by atoms with Gasteiger partial charge in [0.25, 0.3) is 5.91 Å². The van der Waals surface area contributed by atoms with Gasteiger partial charge in [-0.3, -0.25) is 4.79 Å². The van der Waals surface area contributed by atoms with Crippen LogP contribution in [-0.4, -0.2) is 37.0 Å². The zero-order valence-corrected chi connectivity index (χ0v) is 20.4. The van der Waals surface area contributed by atoms with Crippen LogP contribution in [0.2, 0.25) is 0 Å². The number of para-hydroxylation sites is 2. The van der Waals surface area contributed by atoms with Crippen molar-refractivity contribution in [2.45, 2.75) is 6.92 Å². The van der Waals surface area contributed by atoms with Crippen LogP contribution in [0.5, 0.6) is 0 Å². The zero-order chi connectivity index (χ0) is 24.2. The number of hydrogen-bond donors (Lipinski definition) is 0. The molecule has 2 aliphatic heterocycles. The Balaban J connectivity index is 1.43. The SMILES string of the molecule is Cc1ccccc1N1CCN(C(=O)C(C#N)=C2SC=C(c3ccccc3)N2c2ccccc2)CC1. The van der Waals surface area contributed by atoms with E-state index in [-0.39, 0.29) is 11.5 Å². The van der Waals surface area contributed by atoms with Crippen LogP contribution in [0, 0.1) is 18.3 Å². The predicted octanol–water partition coefficient (Wildman–Crippen LogP) is 5.63. The molecule has 5 rings (SSSR count). The molecule has 0 unspecified atom stereocenters. The van der Waals surface area contributed by atoms with Gasteiger partial charge >= 0.3 is 0 Å². The second-order valence-corrected chi connectivity index (χ2v) is 9.37. The summed E-state index contributed by atoms with van der Waals surface area (Å²) in [5.41, 5.74) is 5.54. The van der Waals surface area contributed by atoms with Crippen molar-refractivity contribution < 1.29 is 4.79 Å².